The number of carbonyl (C=O) groups excluding carboxylic acids is 3. The third-order valence-electron chi connectivity index (χ3n) is 5.70. The van der Waals surface area contributed by atoms with Crippen LogP contribution in [0.1, 0.15) is 48.9 Å². The van der Waals surface area contributed by atoms with Gasteiger partial charge in [0, 0.05) is 37.7 Å². The standard InChI is InChI=1S/C21H27Cl2N3O3/c22-17-6-5-16(13-18(17)23)20(28)24-14-19(27)25-11-7-15(8-12-25)21(29)26-9-3-1-2-4-10-26/h5-6,13,15H,1-4,7-12,14H2,(H,24,28). The summed E-state index contributed by atoms with van der Waals surface area (Å²) in [6.07, 6.45) is 5.93. The molecule has 158 valence electrons. The van der Waals surface area contributed by atoms with Crippen LogP contribution in [-0.4, -0.2) is 60.2 Å². The summed E-state index contributed by atoms with van der Waals surface area (Å²) >= 11 is 11.8. The summed E-state index contributed by atoms with van der Waals surface area (Å²) in [5, 5.41) is 3.29. The Balaban J connectivity index is 1.44. The molecule has 3 amide bonds. The monoisotopic (exact) mass is 439 g/mol. The molecule has 8 heteroatoms. The highest BCUT2D eigenvalue weighted by Gasteiger charge is 2.30. The largest absolute Gasteiger partial charge is 0.343 e. The summed E-state index contributed by atoms with van der Waals surface area (Å²) in [5.74, 6) is -0.267. The van der Waals surface area contributed by atoms with Crippen molar-refractivity contribution in [2.45, 2.75) is 38.5 Å². The van der Waals surface area contributed by atoms with Gasteiger partial charge in [0.1, 0.15) is 0 Å². The zero-order valence-electron chi connectivity index (χ0n) is 16.5. The van der Waals surface area contributed by atoms with E-state index in [4.69, 9.17) is 23.2 Å². The number of nitrogens with zero attached hydrogens (tertiary/aromatic N) is 2. The predicted molar refractivity (Wildman–Crippen MR) is 113 cm³/mol. The quantitative estimate of drug-likeness (QED) is 0.781. The Morgan fingerprint density at radius 3 is 2.17 bits per heavy atom. The Kier molecular flexibility index (Phi) is 7.78. The first-order chi connectivity index (χ1) is 14.0. The van der Waals surface area contributed by atoms with Gasteiger partial charge in [-0.2, -0.15) is 0 Å². The molecule has 29 heavy (non-hydrogen) atoms. The van der Waals surface area contributed by atoms with Crippen molar-refractivity contribution in [2.75, 3.05) is 32.7 Å². The Morgan fingerprint density at radius 2 is 1.55 bits per heavy atom. The number of nitrogens with one attached hydrogen (secondary N) is 1. The molecule has 0 spiro atoms. The maximum atomic E-state index is 12.8. The summed E-state index contributed by atoms with van der Waals surface area (Å²) in [5.41, 5.74) is 0.356. The van der Waals surface area contributed by atoms with Crippen molar-refractivity contribution in [1.82, 2.24) is 15.1 Å². The van der Waals surface area contributed by atoms with Gasteiger partial charge >= 0.3 is 0 Å². The SMILES string of the molecule is O=C(NCC(=O)N1CCC(C(=O)N2CCCCCC2)CC1)c1ccc(Cl)c(Cl)c1. The topological polar surface area (TPSA) is 69.7 Å². The highest BCUT2D eigenvalue weighted by molar-refractivity contribution is 6.42. The van der Waals surface area contributed by atoms with E-state index >= 15 is 0 Å². The number of benzene rings is 1. The second kappa shape index (κ2) is 10.3. The van der Waals surface area contributed by atoms with Crippen molar-refractivity contribution in [3.05, 3.63) is 33.8 Å². The van der Waals surface area contributed by atoms with Crippen LogP contribution < -0.4 is 5.32 Å². The van der Waals surface area contributed by atoms with Crippen LogP contribution in [0.4, 0.5) is 0 Å². The van der Waals surface area contributed by atoms with E-state index < -0.39 is 0 Å². The lowest BCUT2D eigenvalue weighted by Gasteiger charge is -2.34. The Hall–Kier alpha value is -1.79. The van der Waals surface area contributed by atoms with E-state index in [0.717, 1.165) is 25.9 Å². The zero-order valence-corrected chi connectivity index (χ0v) is 18.0. The van der Waals surface area contributed by atoms with Gasteiger partial charge < -0.3 is 15.1 Å². The minimum absolute atomic E-state index is 0.00273. The van der Waals surface area contributed by atoms with Crippen molar-refractivity contribution in [3.8, 4) is 0 Å². The molecule has 2 saturated heterocycles. The van der Waals surface area contributed by atoms with Crippen LogP contribution in [0, 0.1) is 5.92 Å². The molecule has 2 aliphatic heterocycles. The minimum Gasteiger partial charge on any atom is -0.343 e. The van der Waals surface area contributed by atoms with Crippen molar-refractivity contribution >= 4 is 40.9 Å². The molecule has 0 aliphatic carbocycles. The van der Waals surface area contributed by atoms with Crippen LogP contribution >= 0.6 is 23.2 Å². The average Bonchev–Trinajstić information content (AvgIpc) is 3.03. The van der Waals surface area contributed by atoms with E-state index in [9.17, 15) is 14.4 Å². The van der Waals surface area contributed by atoms with Crippen LogP contribution in [0.3, 0.4) is 0 Å². The van der Waals surface area contributed by atoms with Crippen LogP contribution in [0.2, 0.25) is 10.0 Å². The molecule has 0 atom stereocenters. The van der Waals surface area contributed by atoms with Gasteiger partial charge in [0.25, 0.3) is 5.91 Å². The fourth-order valence-electron chi connectivity index (χ4n) is 3.93. The molecular formula is C21H27Cl2N3O3. The van der Waals surface area contributed by atoms with E-state index in [-0.39, 0.29) is 30.2 Å². The second-order valence-electron chi connectivity index (χ2n) is 7.71. The maximum absolute atomic E-state index is 12.8. The van der Waals surface area contributed by atoms with Gasteiger partial charge in [0.15, 0.2) is 0 Å². The number of halogens is 2. The Morgan fingerprint density at radius 1 is 0.897 bits per heavy atom. The lowest BCUT2D eigenvalue weighted by Crippen LogP contribution is -2.47. The summed E-state index contributed by atoms with van der Waals surface area (Å²) in [7, 11) is 0. The molecule has 1 aromatic carbocycles. The normalized spacial score (nSPS) is 18.3. The smallest absolute Gasteiger partial charge is 0.251 e. The second-order valence-corrected chi connectivity index (χ2v) is 8.52. The average molecular weight is 440 g/mol. The Labute approximate surface area is 181 Å². The molecule has 2 fully saturated rings. The minimum atomic E-state index is -0.372. The lowest BCUT2D eigenvalue weighted by molar-refractivity contribution is -0.140. The van der Waals surface area contributed by atoms with Crippen LogP contribution in [0.5, 0.6) is 0 Å². The van der Waals surface area contributed by atoms with Crippen molar-refractivity contribution in [2.24, 2.45) is 5.92 Å². The molecule has 0 bridgehead atoms. The molecule has 0 radical (unpaired) electrons. The summed E-state index contributed by atoms with van der Waals surface area (Å²) in [6.45, 7) is 2.73. The number of rotatable bonds is 4. The number of hydrogen-bond donors (Lipinski definition) is 1. The number of hydrogen-bond acceptors (Lipinski definition) is 3. The van der Waals surface area contributed by atoms with Gasteiger partial charge in [0.05, 0.1) is 16.6 Å². The fourth-order valence-corrected chi connectivity index (χ4v) is 4.23. The lowest BCUT2D eigenvalue weighted by atomic mass is 9.95. The highest BCUT2D eigenvalue weighted by Crippen LogP contribution is 2.23. The van der Waals surface area contributed by atoms with Crippen molar-refractivity contribution in [1.29, 1.82) is 0 Å². The molecule has 3 rings (SSSR count). The summed E-state index contributed by atoms with van der Waals surface area (Å²) in [4.78, 5) is 41.1. The first-order valence-corrected chi connectivity index (χ1v) is 11.0. The number of amides is 3. The number of likely N-dealkylation sites (tertiary alicyclic amines) is 2. The van der Waals surface area contributed by atoms with Crippen LogP contribution in [-0.2, 0) is 9.59 Å². The van der Waals surface area contributed by atoms with Crippen LogP contribution in [0.25, 0.3) is 0 Å². The fraction of sp³-hybridized carbons (Fsp3) is 0.571. The molecule has 0 aromatic heterocycles. The molecule has 1 aromatic rings. The summed E-state index contributed by atoms with van der Waals surface area (Å²) in [6, 6.07) is 4.59. The van der Waals surface area contributed by atoms with E-state index in [1.165, 1.54) is 18.9 Å². The predicted octanol–water partition coefficient (Wildman–Crippen LogP) is 3.36. The van der Waals surface area contributed by atoms with Crippen molar-refractivity contribution in [3.63, 3.8) is 0 Å². The highest BCUT2D eigenvalue weighted by atomic mass is 35.5. The van der Waals surface area contributed by atoms with Gasteiger partial charge in [0.2, 0.25) is 11.8 Å². The van der Waals surface area contributed by atoms with E-state index in [2.05, 4.69) is 5.32 Å². The van der Waals surface area contributed by atoms with Crippen LogP contribution in [0.15, 0.2) is 18.2 Å². The van der Waals surface area contributed by atoms with Gasteiger partial charge in [-0.3, -0.25) is 14.4 Å². The maximum Gasteiger partial charge on any atom is 0.251 e. The summed E-state index contributed by atoms with van der Waals surface area (Å²) < 4.78 is 0. The third-order valence-corrected chi connectivity index (χ3v) is 6.44. The molecule has 0 unspecified atom stereocenters. The molecule has 2 heterocycles. The van der Waals surface area contributed by atoms with Gasteiger partial charge in [-0.05, 0) is 43.9 Å². The molecular weight excluding hydrogens is 413 g/mol. The molecule has 0 saturated carbocycles. The number of piperidine rings is 1. The van der Waals surface area contributed by atoms with E-state index in [0.29, 0.717) is 41.5 Å². The van der Waals surface area contributed by atoms with Gasteiger partial charge in [-0.1, -0.05) is 36.0 Å². The molecule has 6 nitrogen and oxygen atoms in total. The van der Waals surface area contributed by atoms with Crippen molar-refractivity contribution < 1.29 is 14.4 Å². The van der Waals surface area contributed by atoms with Gasteiger partial charge in [-0.25, -0.2) is 0 Å². The van der Waals surface area contributed by atoms with Gasteiger partial charge in [-0.15, -0.1) is 0 Å². The third kappa shape index (κ3) is 5.86. The first kappa shape index (κ1) is 21.9. The molecule has 2 aliphatic rings. The Bertz CT molecular complexity index is 756. The van der Waals surface area contributed by atoms with E-state index in [1.807, 2.05) is 4.90 Å². The first-order valence-electron chi connectivity index (χ1n) is 10.3. The number of carbonyl (C=O) groups is 3. The zero-order chi connectivity index (χ0) is 20.8. The van der Waals surface area contributed by atoms with E-state index in [1.54, 1.807) is 17.0 Å². The molecule has 1 N–H and O–H groups in total.